The highest BCUT2D eigenvalue weighted by Gasteiger charge is 2.45. The van der Waals surface area contributed by atoms with Gasteiger partial charge in [0.15, 0.2) is 0 Å². The van der Waals surface area contributed by atoms with E-state index in [4.69, 9.17) is 0 Å². The smallest absolute Gasteiger partial charge is 0.173 e. The minimum Gasteiger partial charge on any atom is -0.173 e. The maximum atomic E-state index is 11.3. The lowest BCUT2D eigenvalue weighted by atomic mass is 10.4. The van der Waals surface area contributed by atoms with Gasteiger partial charge in [0.2, 0.25) is 0 Å². The highest BCUT2D eigenvalue weighted by Crippen LogP contribution is 2.32. The molecule has 0 saturated heterocycles. The van der Waals surface area contributed by atoms with Gasteiger partial charge in [0, 0.05) is 0 Å². The molecule has 0 aliphatic heterocycles. The van der Waals surface area contributed by atoms with Gasteiger partial charge in [-0.05, 0) is 4.53 Å². The van der Waals surface area contributed by atoms with Crippen LogP contribution >= 0.6 is 0 Å². The van der Waals surface area contributed by atoms with E-state index in [1.54, 1.807) is 4.94 Å². The average Bonchev–Trinajstić information content (AvgIpc) is 1.60. The van der Waals surface area contributed by atoms with Crippen LogP contribution in [0.4, 0.5) is 26.5 Å². The molecule has 0 aromatic heterocycles. The summed E-state index contributed by atoms with van der Waals surface area (Å²) in [6.07, 6.45) is -12.5. The van der Waals surface area contributed by atoms with Crippen LogP contribution in [0.1, 0.15) is 6.42 Å². The van der Waals surface area contributed by atoms with Crippen molar-refractivity contribution in [3.05, 3.63) is 0 Å². The number of rotatable bonds is 2. The average molecular weight is 168 g/mol. The summed E-state index contributed by atoms with van der Waals surface area (Å²) in [6.45, 7) is 0. The van der Waals surface area contributed by atoms with E-state index in [1.807, 2.05) is 0 Å². The standard InChI is InChI=1S/C3H2F6O/c4-2(5,6)1-3(7,8)10-9/h1H2. The molecule has 0 atom stereocenters. The van der Waals surface area contributed by atoms with Gasteiger partial charge in [0.25, 0.3) is 0 Å². The van der Waals surface area contributed by atoms with Crippen LogP contribution in [0.15, 0.2) is 0 Å². The van der Waals surface area contributed by atoms with Gasteiger partial charge in [-0.25, -0.2) is 0 Å². The Morgan fingerprint density at radius 3 is 1.50 bits per heavy atom. The van der Waals surface area contributed by atoms with Crippen molar-refractivity contribution in [2.45, 2.75) is 18.7 Å². The normalized spacial score (nSPS) is 13.8. The molecule has 0 fully saturated rings. The summed E-state index contributed by atoms with van der Waals surface area (Å²) < 4.78 is 66.2. The van der Waals surface area contributed by atoms with Crippen LogP contribution in [0, 0.1) is 0 Å². The number of alkyl halides is 5. The van der Waals surface area contributed by atoms with Crippen LogP contribution in [0.5, 0.6) is 0 Å². The molecule has 0 aromatic rings. The maximum Gasteiger partial charge on any atom is 0.397 e. The largest absolute Gasteiger partial charge is 0.397 e. The van der Waals surface area contributed by atoms with E-state index in [1.165, 1.54) is 0 Å². The minimum atomic E-state index is -5.13. The quantitative estimate of drug-likeness (QED) is 0.575. The minimum absolute atomic E-state index is 1.76. The van der Waals surface area contributed by atoms with E-state index in [9.17, 15) is 26.5 Å². The number of hydrogen-bond donors (Lipinski definition) is 0. The molecular weight excluding hydrogens is 166 g/mol. The van der Waals surface area contributed by atoms with Crippen LogP contribution in [0.2, 0.25) is 0 Å². The summed E-state index contributed by atoms with van der Waals surface area (Å²) in [6, 6.07) is 0. The Kier molecular flexibility index (Phi) is 2.53. The molecule has 0 N–H and O–H groups in total. The third-order valence-corrected chi connectivity index (χ3v) is 0.519. The fourth-order valence-electron chi connectivity index (χ4n) is 0.261. The van der Waals surface area contributed by atoms with E-state index < -0.39 is 18.7 Å². The molecule has 7 heteroatoms. The highest BCUT2D eigenvalue weighted by molar-refractivity contribution is 4.58. The first-order valence-corrected chi connectivity index (χ1v) is 2.01. The van der Waals surface area contributed by atoms with Crippen molar-refractivity contribution in [3.63, 3.8) is 0 Å². The van der Waals surface area contributed by atoms with Gasteiger partial charge in [-0.1, -0.05) is 0 Å². The van der Waals surface area contributed by atoms with Crippen molar-refractivity contribution in [3.8, 4) is 0 Å². The zero-order chi connectivity index (χ0) is 8.41. The van der Waals surface area contributed by atoms with E-state index in [2.05, 4.69) is 0 Å². The van der Waals surface area contributed by atoms with Gasteiger partial charge in [-0.2, -0.15) is 22.0 Å². The summed E-state index contributed by atoms with van der Waals surface area (Å²) in [5.74, 6) is 0. The predicted molar refractivity (Wildman–Crippen MR) is 17.8 cm³/mol. The van der Waals surface area contributed by atoms with Crippen LogP contribution < -0.4 is 0 Å². The Labute approximate surface area is 51.5 Å². The van der Waals surface area contributed by atoms with Gasteiger partial charge < -0.3 is 0 Å². The second kappa shape index (κ2) is 2.65. The Morgan fingerprint density at radius 1 is 1.00 bits per heavy atom. The molecule has 62 valence electrons. The third kappa shape index (κ3) is 4.42. The molecule has 0 bridgehead atoms. The molecule has 0 radical (unpaired) electrons. The first-order chi connectivity index (χ1) is 4.27. The first kappa shape index (κ1) is 9.54. The van der Waals surface area contributed by atoms with Gasteiger partial charge >= 0.3 is 12.3 Å². The Bertz CT molecular complexity index is 106. The first-order valence-electron chi connectivity index (χ1n) is 2.01. The molecular formula is C3H2F6O. The van der Waals surface area contributed by atoms with Crippen molar-refractivity contribution >= 4 is 0 Å². The van der Waals surface area contributed by atoms with Gasteiger partial charge in [0.1, 0.15) is 6.42 Å². The fraction of sp³-hybridized carbons (Fsp3) is 1.00. The summed E-state index contributed by atoms with van der Waals surface area (Å²) in [5.41, 5.74) is 0. The van der Waals surface area contributed by atoms with E-state index in [-0.39, 0.29) is 0 Å². The van der Waals surface area contributed by atoms with Crippen molar-refractivity contribution in [1.82, 2.24) is 0 Å². The molecule has 0 unspecified atom stereocenters. The molecule has 0 spiro atoms. The highest BCUT2D eigenvalue weighted by atomic mass is 19.4. The molecule has 10 heavy (non-hydrogen) atoms. The van der Waals surface area contributed by atoms with E-state index in [0.717, 1.165) is 0 Å². The lowest BCUT2D eigenvalue weighted by Gasteiger charge is -2.11. The summed E-state index contributed by atoms with van der Waals surface area (Å²) in [7, 11) is 0. The Morgan fingerprint density at radius 2 is 1.40 bits per heavy atom. The molecule has 0 aliphatic rings. The summed E-state index contributed by atoms with van der Waals surface area (Å²) in [5, 5.41) is 0. The molecule has 1 nitrogen and oxygen atoms in total. The van der Waals surface area contributed by atoms with Crippen LogP contribution in [-0.2, 0) is 4.94 Å². The van der Waals surface area contributed by atoms with Crippen molar-refractivity contribution in [2.24, 2.45) is 0 Å². The second-order valence-electron chi connectivity index (χ2n) is 1.51. The zero-order valence-corrected chi connectivity index (χ0v) is 4.38. The zero-order valence-electron chi connectivity index (χ0n) is 4.38. The molecule has 0 aromatic carbocycles. The van der Waals surface area contributed by atoms with Gasteiger partial charge in [-0.3, -0.25) is 0 Å². The van der Waals surface area contributed by atoms with Crippen LogP contribution in [0.3, 0.4) is 0 Å². The molecule has 0 amide bonds. The molecule has 0 rings (SSSR count). The Balaban J connectivity index is 3.89. The second-order valence-corrected chi connectivity index (χ2v) is 1.51. The monoisotopic (exact) mass is 168 g/mol. The van der Waals surface area contributed by atoms with Gasteiger partial charge in [0.05, 0.1) is 0 Å². The Hall–Kier alpha value is -0.460. The third-order valence-electron chi connectivity index (χ3n) is 0.519. The van der Waals surface area contributed by atoms with Crippen molar-refractivity contribution in [2.75, 3.05) is 0 Å². The lowest BCUT2D eigenvalue weighted by molar-refractivity contribution is -0.379. The van der Waals surface area contributed by atoms with E-state index in [0.29, 0.717) is 0 Å². The maximum absolute atomic E-state index is 11.3. The van der Waals surface area contributed by atoms with Crippen LogP contribution in [0.25, 0.3) is 0 Å². The summed E-state index contributed by atoms with van der Waals surface area (Å²) >= 11 is 0. The SMILES string of the molecule is FOC(F)(F)CC(F)(F)F. The fourth-order valence-corrected chi connectivity index (χ4v) is 0.261. The molecule has 0 heterocycles. The number of halogens is 6. The predicted octanol–water partition coefficient (Wildman–Crippen LogP) is 2.43. The topological polar surface area (TPSA) is 9.23 Å². The van der Waals surface area contributed by atoms with Crippen molar-refractivity contribution < 1.29 is 31.4 Å². The number of hydrogen-bond acceptors (Lipinski definition) is 1. The molecule has 0 saturated carbocycles. The van der Waals surface area contributed by atoms with Crippen molar-refractivity contribution in [1.29, 1.82) is 0 Å². The van der Waals surface area contributed by atoms with Gasteiger partial charge in [-0.15, -0.1) is 4.94 Å². The van der Waals surface area contributed by atoms with E-state index >= 15 is 0 Å². The lowest BCUT2D eigenvalue weighted by Crippen LogP contribution is -2.26. The van der Waals surface area contributed by atoms with Crippen LogP contribution in [-0.4, -0.2) is 12.3 Å². The summed E-state index contributed by atoms with van der Waals surface area (Å²) in [4.78, 5) is 1.76. The molecule has 0 aliphatic carbocycles.